The maximum Gasteiger partial charge on any atom is 0.425 e. The molecule has 0 saturated heterocycles. The minimum atomic E-state index is -5.05. The van der Waals surface area contributed by atoms with Crippen molar-refractivity contribution in [2.45, 2.75) is 44.5 Å². The molecule has 8 nitrogen and oxygen atoms in total. The fourth-order valence-electron chi connectivity index (χ4n) is 3.89. The van der Waals surface area contributed by atoms with E-state index in [0.717, 1.165) is 16.7 Å². The van der Waals surface area contributed by atoms with Gasteiger partial charge in [0, 0.05) is 25.0 Å². The van der Waals surface area contributed by atoms with Crippen LogP contribution in [0.1, 0.15) is 24.5 Å². The maximum atomic E-state index is 14.8. The zero-order valence-corrected chi connectivity index (χ0v) is 20.1. The molecule has 0 unspecified atom stereocenters. The standard InChI is InChI=1S/C24H17F8N5O3/c1-11(40-18-9-35-36-21(38)19(18)24(30,31)32)4-14(25)10-37-3-2-12-5-16(17(26)6-15(12)22(37)39)20-33-7-13(8-34-20)23(27,28)29/h2-3,5-9,11,14H,4,10H2,1H3,(H,36,38)/t11-,14-/m1/s1. The molecule has 2 atom stereocenters. The van der Waals surface area contributed by atoms with Gasteiger partial charge in [0.15, 0.2) is 17.1 Å². The normalized spacial score (nSPS) is 13.8. The topological polar surface area (TPSA) is 103 Å². The Morgan fingerprint density at radius 1 is 1.02 bits per heavy atom. The first kappa shape index (κ1) is 28.6. The van der Waals surface area contributed by atoms with Crippen LogP contribution in [0.2, 0.25) is 0 Å². The number of benzene rings is 1. The van der Waals surface area contributed by atoms with Crippen molar-refractivity contribution >= 4 is 10.8 Å². The third-order valence-electron chi connectivity index (χ3n) is 5.70. The number of pyridine rings is 1. The summed E-state index contributed by atoms with van der Waals surface area (Å²) < 4.78 is 113. The van der Waals surface area contributed by atoms with Crippen molar-refractivity contribution in [2.75, 3.05) is 0 Å². The molecule has 1 N–H and O–H groups in total. The molecule has 0 aliphatic carbocycles. The van der Waals surface area contributed by atoms with Crippen LogP contribution in [0.15, 0.2) is 52.6 Å². The highest BCUT2D eigenvalue weighted by Crippen LogP contribution is 2.33. The Bertz CT molecular complexity index is 1650. The summed E-state index contributed by atoms with van der Waals surface area (Å²) in [6.07, 6.45) is -10.4. The Kier molecular flexibility index (Phi) is 7.63. The summed E-state index contributed by atoms with van der Waals surface area (Å²) in [4.78, 5) is 31.5. The number of hydrogen-bond donors (Lipinski definition) is 1. The molecule has 0 aliphatic rings. The number of rotatable bonds is 7. The molecule has 0 fully saturated rings. The van der Waals surface area contributed by atoms with Crippen LogP contribution < -0.4 is 15.9 Å². The highest BCUT2D eigenvalue weighted by atomic mass is 19.4. The van der Waals surface area contributed by atoms with Crippen LogP contribution in [0.5, 0.6) is 5.75 Å². The van der Waals surface area contributed by atoms with E-state index in [2.05, 4.69) is 15.1 Å². The summed E-state index contributed by atoms with van der Waals surface area (Å²) in [5.74, 6) is -2.24. The highest BCUT2D eigenvalue weighted by molar-refractivity contribution is 5.85. The van der Waals surface area contributed by atoms with E-state index < -0.39 is 71.4 Å². The van der Waals surface area contributed by atoms with Gasteiger partial charge < -0.3 is 9.30 Å². The molecule has 0 spiro atoms. The fraction of sp³-hybridized carbons (Fsp3) is 0.292. The molecule has 0 aliphatic heterocycles. The molecule has 40 heavy (non-hydrogen) atoms. The molecular weight excluding hydrogens is 558 g/mol. The number of hydrogen-bond acceptors (Lipinski definition) is 6. The lowest BCUT2D eigenvalue weighted by Gasteiger charge is -2.19. The van der Waals surface area contributed by atoms with Gasteiger partial charge >= 0.3 is 12.4 Å². The summed E-state index contributed by atoms with van der Waals surface area (Å²) in [5, 5.41) is 4.91. The maximum absolute atomic E-state index is 14.8. The van der Waals surface area contributed by atoms with Crippen molar-refractivity contribution in [1.82, 2.24) is 24.7 Å². The lowest BCUT2D eigenvalue weighted by Crippen LogP contribution is -2.29. The lowest BCUT2D eigenvalue weighted by molar-refractivity contribution is -0.140. The summed E-state index contributed by atoms with van der Waals surface area (Å²) in [6.45, 7) is 0.699. The van der Waals surface area contributed by atoms with Gasteiger partial charge in [-0.25, -0.2) is 23.8 Å². The molecule has 0 bridgehead atoms. The van der Waals surface area contributed by atoms with Crippen molar-refractivity contribution in [1.29, 1.82) is 0 Å². The quantitative estimate of drug-likeness (QED) is 0.314. The monoisotopic (exact) mass is 575 g/mol. The van der Waals surface area contributed by atoms with E-state index >= 15 is 0 Å². The Morgan fingerprint density at radius 3 is 2.33 bits per heavy atom. The van der Waals surface area contributed by atoms with E-state index in [9.17, 15) is 44.7 Å². The first-order valence-corrected chi connectivity index (χ1v) is 11.3. The van der Waals surface area contributed by atoms with Gasteiger partial charge in [-0.1, -0.05) is 0 Å². The predicted molar refractivity (Wildman–Crippen MR) is 124 cm³/mol. The van der Waals surface area contributed by atoms with Gasteiger partial charge in [0.05, 0.1) is 35.4 Å². The Hall–Kier alpha value is -4.37. The third-order valence-corrected chi connectivity index (χ3v) is 5.70. The Labute approximate surface area is 218 Å². The fourth-order valence-corrected chi connectivity index (χ4v) is 3.89. The van der Waals surface area contributed by atoms with Gasteiger partial charge in [0.25, 0.3) is 11.1 Å². The minimum Gasteiger partial charge on any atom is -0.488 e. The minimum absolute atomic E-state index is 0.170. The molecule has 4 aromatic rings. The summed E-state index contributed by atoms with van der Waals surface area (Å²) >= 11 is 0. The molecule has 3 aromatic heterocycles. The zero-order valence-electron chi connectivity index (χ0n) is 20.1. The number of aromatic amines is 1. The number of fused-ring (bicyclic) bond motifs is 1. The second-order valence-electron chi connectivity index (χ2n) is 8.68. The number of nitrogens with one attached hydrogen (secondary N) is 1. The van der Waals surface area contributed by atoms with E-state index in [0.29, 0.717) is 18.6 Å². The molecule has 4 rings (SSSR count). The number of H-pyrrole nitrogens is 1. The summed E-state index contributed by atoms with van der Waals surface area (Å²) in [7, 11) is 0. The number of halogens is 8. The highest BCUT2D eigenvalue weighted by Gasteiger charge is 2.38. The van der Waals surface area contributed by atoms with Crippen LogP contribution in [0.25, 0.3) is 22.2 Å². The zero-order chi connectivity index (χ0) is 29.4. The SMILES string of the molecule is C[C@H](C[C@@H](F)Cn1ccc2cc(-c3ncc(C(F)(F)F)cn3)c(F)cc2c1=O)Oc1cn[nH]c(=O)c1C(F)(F)F. The first-order chi connectivity index (χ1) is 18.6. The number of aromatic nitrogens is 5. The van der Waals surface area contributed by atoms with E-state index in [1.54, 1.807) is 5.10 Å². The van der Waals surface area contributed by atoms with E-state index in [1.165, 1.54) is 19.2 Å². The molecular formula is C24H17F8N5O3. The molecule has 212 valence electrons. The average Bonchev–Trinajstić information content (AvgIpc) is 2.84. The van der Waals surface area contributed by atoms with E-state index in [-0.39, 0.29) is 22.2 Å². The van der Waals surface area contributed by atoms with Gasteiger partial charge in [0.1, 0.15) is 12.0 Å². The molecule has 0 amide bonds. The average molecular weight is 575 g/mol. The lowest BCUT2D eigenvalue weighted by atomic mass is 10.1. The third kappa shape index (κ3) is 6.10. The van der Waals surface area contributed by atoms with Gasteiger partial charge in [-0.15, -0.1) is 0 Å². The van der Waals surface area contributed by atoms with Crippen LogP contribution in [0.4, 0.5) is 35.1 Å². The van der Waals surface area contributed by atoms with Gasteiger partial charge in [-0.05, 0) is 30.5 Å². The molecule has 0 radical (unpaired) electrons. The van der Waals surface area contributed by atoms with Crippen LogP contribution in [0.3, 0.4) is 0 Å². The number of alkyl halides is 7. The second-order valence-corrected chi connectivity index (χ2v) is 8.68. The van der Waals surface area contributed by atoms with Crippen LogP contribution >= 0.6 is 0 Å². The van der Waals surface area contributed by atoms with Gasteiger partial charge in [-0.3, -0.25) is 9.59 Å². The molecule has 1 aromatic carbocycles. The molecule has 0 saturated carbocycles. The van der Waals surface area contributed by atoms with E-state index in [1.807, 2.05) is 0 Å². The Morgan fingerprint density at radius 2 is 1.70 bits per heavy atom. The smallest absolute Gasteiger partial charge is 0.425 e. The van der Waals surface area contributed by atoms with Crippen molar-refractivity contribution in [3.05, 3.63) is 80.6 Å². The van der Waals surface area contributed by atoms with Crippen molar-refractivity contribution in [3.8, 4) is 17.1 Å². The van der Waals surface area contributed by atoms with E-state index in [4.69, 9.17) is 4.74 Å². The van der Waals surface area contributed by atoms with Crippen molar-refractivity contribution < 1.29 is 39.9 Å². The van der Waals surface area contributed by atoms with Gasteiger partial charge in [0.2, 0.25) is 0 Å². The van der Waals surface area contributed by atoms with Crippen LogP contribution in [0, 0.1) is 5.82 Å². The van der Waals surface area contributed by atoms with Crippen molar-refractivity contribution in [3.63, 3.8) is 0 Å². The molecule has 16 heteroatoms. The van der Waals surface area contributed by atoms with Crippen LogP contribution in [-0.2, 0) is 18.9 Å². The number of ether oxygens (including phenoxy) is 1. The Balaban J connectivity index is 1.51. The molecule has 3 heterocycles. The van der Waals surface area contributed by atoms with Gasteiger partial charge in [-0.2, -0.15) is 31.4 Å². The van der Waals surface area contributed by atoms with Crippen LogP contribution in [-0.4, -0.2) is 37.0 Å². The predicted octanol–water partition coefficient (Wildman–Crippen LogP) is 4.91. The second kappa shape index (κ2) is 10.7. The summed E-state index contributed by atoms with van der Waals surface area (Å²) in [6, 6.07) is 3.33. The number of nitrogens with zero attached hydrogens (tertiary/aromatic N) is 4. The largest absolute Gasteiger partial charge is 0.488 e. The van der Waals surface area contributed by atoms with Crippen molar-refractivity contribution in [2.24, 2.45) is 0 Å². The summed E-state index contributed by atoms with van der Waals surface area (Å²) in [5.41, 5.74) is -5.35. The first-order valence-electron chi connectivity index (χ1n) is 11.3.